The van der Waals surface area contributed by atoms with Crippen molar-refractivity contribution in [2.45, 2.75) is 127 Å². The summed E-state index contributed by atoms with van der Waals surface area (Å²) < 4.78 is 41.8. The molecule has 2 fully saturated rings. The molecule has 0 aliphatic carbocycles. The van der Waals surface area contributed by atoms with E-state index >= 15 is 0 Å². The van der Waals surface area contributed by atoms with Gasteiger partial charge in [-0.15, -0.1) is 13.2 Å². The molecule has 2 aliphatic heterocycles. The smallest absolute Gasteiger partial charge is 0.261 e. The summed E-state index contributed by atoms with van der Waals surface area (Å²) in [5, 5.41) is 32.2. The molecule has 0 amide bonds. The molecule has 3 N–H and O–H groups in total. The van der Waals surface area contributed by atoms with E-state index in [0.29, 0.717) is 19.4 Å². The molecule has 2 aromatic rings. The highest BCUT2D eigenvalue weighted by atomic mass is 28.4. The van der Waals surface area contributed by atoms with Gasteiger partial charge in [-0.3, -0.25) is 0 Å². The Bertz CT molecular complexity index is 1290. The lowest BCUT2D eigenvalue weighted by molar-refractivity contribution is -0.167. The third kappa shape index (κ3) is 10.7. The van der Waals surface area contributed by atoms with Gasteiger partial charge in [0, 0.05) is 14.2 Å². The summed E-state index contributed by atoms with van der Waals surface area (Å²) in [6.07, 6.45) is -0.345. The quantitative estimate of drug-likeness (QED) is 0.168. The number of methoxy groups -OCH3 is 2. The van der Waals surface area contributed by atoms with Gasteiger partial charge < -0.3 is 48.2 Å². The Hall–Kier alpha value is -2.26. The summed E-state index contributed by atoms with van der Waals surface area (Å²) in [4.78, 5) is 0. The third-order valence-corrected chi connectivity index (χ3v) is 14.3. The maximum atomic E-state index is 10.7. The largest absolute Gasteiger partial charge is 0.405 e. The molecule has 10 nitrogen and oxygen atoms in total. The average molecular weight is 731 g/mol. The van der Waals surface area contributed by atoms with Gasteiger partial charge in [-0.05, 0) is 55.9 Å². The van der Waals surface area contributed by atoms with Crippen molar-refractivity contribution in [3.05, 3.63) is 86.0 Å². The van der Waals surface area contributed by atoms with Crippen molar-refractivity contribution in [1.82, 2.24) is 0 Å². The van der Waals surface area contributed by atoms with Crippen LogP contribution in [0.2, 0.25) is 5.04 Å². The Kier molecular flexibility index (Phi) is 15.8. The minimum atomic E-state index is -2.74. The van der Waals surface area contributed by atoms with Crippen LogP contribution in [0.4, 0.5) is 0 Å². The maximum absolute atomic E-state index is 10.7. The predicted molar refractivity (Wildman–Crippen MR) is 202 cm³/mol. The van der Waals surface area contributed by atoms with Crippen LogP contribution >= 0.6 is 0 Å². The number of ether oxygens (including phenoxy) is 6. The number of aliphatic hydroxyl groups excluding tert-OH is 3. The van der Waals surface area contributed by atoms with Crippen LogP contribution in [0.1, 0.15) is 61.3 Å². The molecule has 2 aliphatic rings. The van der Waals surface area contributed by atoms with Gasteiger partial charge in [0.1, 0.15) is 36.6 Å². The zero-order chi connectivity index (χ0) is 38.0. The summed E-state index contributed by atoms with van der Waals surface area (Å²) >= 11 is 0. The van der Waals surface area contributed by atoms with Gasteiger partial charge >= 0.3 is 0 Å². The van der Waals surface area contributed by atoms with Gasteiger partial charge in [-0.1, -0.05) is 93.6 Å². The van der Waals surface area contributed by atoms with Crippen LogP contribution in [0.3, 0.4) is 0 Å². The van der Waals surface area contributed by atoms with Crippen molar-refractivity contribution in [3.8, 4) is 0 Å². The Morgan fingerprint density at radius 1 is 0.725 bits per heavy atom. The Labute approximate surface area is 306 Å². The van der Waals surface area contributed by atoms with Gasteiger partial charge in [-0.2, -0.15) is 0 Å². The van der Waals surface area contributed by atoms with E-state index in [4.69, 9.17) is 32.8 Å². The minimum absolute atomic E-state index is 0.150. The highest BCUT2D eigenvalue weighted by Crippen LogP contribution is 2.39. The van der Waals surface area contributed by atoms with Gasteiger partial charge in [0.25, 0.3) is 8.32 Å². The van der Waals surface area contributed by atoms with E-state index in [2.05, 4.69) is 82.5 Å². The zero-order valence-electron chi connectivity index (χ0n) is 32.0. The van der Waals surface area contributed by atoms with Crippen molar-refractivity contribution >= 4 is 18.7 Å². The second kappa shape index (κ2) is 18.7. The Morgan fingerprint density at radius 2 is 1.12 bits per heavy atom. The maximum Gasteiger partial charge on any atom is 0.261 e. The molecule has 0 saturated carbocycles. The Morgan fingerprint density at radius 3 is 1.47 bits per heavy atom. The van der Waals surface area contributed by atoms with Crippen molar-refractivity contribution in [1.29, 1.82) is 0 Å². The van der Waals surface area contributed by atoms with E-state index < -0.39 is 68.7 Å². The van der Waals surface area contributed by atoms with Crippen molar-refractivity contribution in [2.24, 2.45) is 0 Å². The Balaban J connectivity index is 0.000000347. The molecule has 286 valence electrons. The zero-order valence-corrected chi connectivity index (χ0v) is 33.0. The lowest BCUT2D eigenvalue weighted by Gasteiger charge is -2.43. The fourth-order valence-electron chi connectivity index (χ4n) is 7.15. The number of benzene rings is 2. The van der Waals surface area contributed by atoms with Crippen molar-refractivity contribution < 1.29 is 48.2 Å². The second-order valence-corrected chi connectivity index (χ2v) is 19.3. The summed E-state index contributed by atoms with van der Waals surface area (Å²) in [5.41, 5.74) is 0. The van der Waals surface area contributed by atoms with Crippen LogP contribution in [-0.4, -0.2) is 111 Å². The van der Waals surface area contributed by atoms with Crippen LogP contribution in [-0.2, 0) is 32.8 Å². The van der Waals surface area contributed by atoms with Crippen LogP contribution in [0.15, 0.2) is 86.0 Å². The predicted octanol–water partition coefficient (Wildman–Crippen LogP) is 4.49. The molecule has 2 heterocycles. The van der Waals surface area contributed by atoms with E-state index in [-0.39, 0.29) is 11.6 Å². The van der Waals surface area contributed by atoms with Gasteiger partial charge in [0.2, 0.25) is 0 Å². The average Bonchev–Trinajstić information content (AvgIpc) is 3.56. The summed E-state index contributed by atoms with van der Waals surface area (Å²) in [5.74, 6) is -1.59. The highest BCUT2D eigenvalue weighted by molar-refractivity contribution is 6.99. The van der Waals surface area contributed by atoms with Crippen LogP contribution in [0.5, 0.6) is 0 Å². The van der Waals surface area contributed by atoms with Crippen molar-refractivity contribution in [2.75, 3.05) is 27.4 Å². The van der Waals surface area contributed by atoms with Crippen LogP contribution in [0, 0.1) is 0 Å². The fourth-order valence-corrected chi connectivity index (χ4v) is 11.7. The molecule has 8 atom stereocenters. The van der Waals surface area contributed by atoms with Gasteiger partial charge in [0.05, 0.1) is 25.4 Å². The molecule has 6 unspecified atom stereocenters. The molecular formula is C40H62O10Si. The SMILES string of the molecule is C=CC[C@H](O)C(OC)C1OC(C)(C)OC1CO.C=CC[C@H](O)C(OC)C1OC(C)(C)OC1CO[Si](c1ccccc1)(c1ccccc1)C(C)(C)C. The number of rotatable bonds is 16. The highest BCUT2D eigenvalue weighted by Gasteiger charge is 2.53. The first-order valence-electron chi connectivity index (χ1n) is 17.7. The monoisotopic (exact) mass is 730 g/mol. The molecule has 51 heavy (non-hydrogen) atoms. The van der Waals surface area contributed by atoms with E-state index in [1.165, 1.54) is 17.5 Å². The first-order valence-corrected chi connectivity index (χ1v) is 19.6. The van der Waals surface area contributed by atoms with Crippen LogP contribution in [0.25, 0.3) is 0 Å². The van der Waals surface area contributed by atoms with Gasteiger partial charge in [-0.25, -0.2) is 0 Å². The molecule has 2 aromatic carbocycles. The number of hydrogen-bond donors (Lipinski definition) is 3. The van der Waals surface area contributed by atoms with E-state index in [1.54, 1.807) is 33.1 Å². The summed E-state index contributed by atoms with van der Waals surface area (Å²) in [6.45, 7) is 21.5. The van der Waals surface area contributed by atoms with E-state index in [1.807, 2.05) is 26.0 Å². The molecule has 0 aromatic heterocycles. The van der Waals surface area contributed by atoms with E-state index in [9.17, 15) is 15.3 Å². The molecule has 2 saturated heterocycles. The summed E-state index contributed by atoms with van der Waals surface area (Å²) in [6, 6.07) is 21.0. The van der Waals surface area contributed by atoms with E-state index in [0.717, 1.165) is 0 Å². The van der Waals surface area contributed by atoms with Crippen molar-refractivity contribution in [3.63, 3.8) is 0 Å². The fraction of sp³-hybridized carbons (Fsp3) is 0.600. The second-order valence-electron chi connectivity index (χ2n) is 15.0. The van der Waals surface area contributed by atoms with Crippen LogP contribution < -0.4 is 10.4 Å². The standard InChI is InChI=1S/C28H40O5Si.C12H22O5/c1-8-15-23(29)25(30-7)26-24(32-28(5,6)33-26)20-31-34(27(2,3)4,21-16-11-9-12-17-21)22-18-13-10-14-19-22;1-5-6-8(14)10(15-4)11-9(7-13)16-12(2,3)17-11/h8-14,16-19,23-26,29H,1,15,20H2,2-7H3;5,8-11,13-14H,1,6-7H2,2-4H3/t23-,24?,25?,26?;8-,9?,10?,11?/m00/s1. The minimum Gasteiger partial charge on any atom is -0.405 e. The lowest BCUT2D eigenvalue weighted by atomic mass is 10.0. The first-order chi connectivity index (χ1) is 24.0. The molecular weight excluding hydrogens is 669 g/mol. The third-order valence-electron chi connectivity index (χ3n) is 9.27. The number of aliphatic hydroxyl groups is 3. The van der Waals surface area contributed by atoms with Gasteiger partial charge in [0.15, 0.2) is 11.6 Å². The summed E-state index contributed by atoms with van der Waals surface area (Å²) in [7, 11) is 0.354. The lowest BCUT2D eigenvalue weighted by Crippen LogP contribution is -2.67. The molecule has 0 bridgehead atoms. The normalized spacial score (nSPS) is 25.3. The topological polar surface area (TPSA) is 125 Å². The number of hydrogen-bond acceptors (Lipinski definition) is 10. The molecule has 0 radical (unpaired) electrons. The molecule has 0 spiro atoms. The first kappa shape index (κ1) is 43.1. The molecule has 4 rings (SSSR count). The molecule has 11 heteroatoms.